The molecule has 2 heterocycles. The lowest BCUT2D eigenvalue weighted by molar-refractivity contribution is -0.121. The monoisotopic (exact) mass is 278 g/mol. The minimum Gasteiger partial charge on any atom is -0.353 e. The summed E-state index contributed by atoms with van der Waals surface area (Å²) in [7, 11) is 0. The van der Waals surface area contributed by atoms with E-state index in [1.54, 1.807) is 0 Å². The van der Waals surface area contributed by atoms with Gasteiger partial charge in [-0.05, 0) is 25.8 Å². The molecule has 2 aliphatic rings. The zero-order chi connectivity index (χ0) is 13.8. The van der Waals surface area contributed by atoms with Crippen LogP contribution in [-0.2, 0) is 11.2 Å². The number of rotatable bonds is 4. The van der Waals surface area contributed by atoms with E-state index in [0.29, 0.717) is 23.7 Å². The van der Waals surface area contributed by atoms with E-state index in [2.05, 4.69) is 20.8 Å². The molecular weight excluding hydrogens is 256 g/mol. The van der Waals surface area contributed by atoms with Gasteiger partial charge in [0.2, 0.25) is 11.8 Å². The first-order valence-corrected chi connectivity index (χ1v) is 7.64. The molecule has 0 radical (unpaired) electrons. The molecular formula is C14H22N4O2. The van der Waals surface area contributed by atoms with Crippen molar-refractivity contribution in [3.05, 3.63) is 11.7 Å². The van der Waals surface area contributed by atoms with Crippen molar-refractivity contribution in [3.63, 3.8) is 0 Å². The summed E-state index contributed by atoms with van der Waals surface area (Å²) >= 11 is 0. The van der Waals surface area contributed by atoms with E-state index in [1.165, 1.54) is 19.3 Å². The molecule has 0 aromatic carbocycles. The van der Waals surface area contributed by atoms with Crippen LogP contribution in [0, 0.1) is 0 Å². The third-order valence-corrected chi connectivity index (χ3v) is 4.18. The second-order valence-electron chi connectivity index (χ2n) is 5.82. The zero-order valence-corrected chi connectivity index (χ0v) is 11.7. The zero-order valence-electron chi connectivity index (χ0n) is 11.7. The maximum Gasteiger partial charge on any atom is 0.231 e. The summed E-state index contributed by atoms with van der Waals surface area (Å²) in [5.41, 5.74) is 0. The lowest BCUT2D eigenvalue weighted by Crippen LogP contribution is -2.37. The van der Waals surface area contributed by atoms with E-state index < -0.39 is 0 Å². The third-order valence-electron chi connectivity index (χ3n) is 4.18. The fraction of sp³-hybridized carbons (Fsp3) is 0.786. The first-order chi connectivity index (χ1) is 9.81. The van der Waals surface area contributed by atoms with Gasteiger partial charge in [0.25, 0.3) is 0 Å². The Morgan fingerprint density at radius 3 is 2.90 bits per heavy atom. The highest BCUT2D eigenvalue weighted by Crippen LogP contribution is 2.20. The second kappa shape index (κ2) is 6.35. The summed E-state index contributed by atoms with van der Waals surface area (Å²) < 4.78 is 5.26. The van der Waals surface area contributed by atoms with Crippen LogP contribution in [0.5, 0.6) is 0 Å². The van der Waals surface area contributed by atoms with Crippen molar-refractivity contribution in [3.8, 4) is 0 Å². The van der Waals surface area contributed by atoms with Crippen LogP contribution < -0.4 is 10.6 Å². The normalized spacial score (nSPS) is 23.9. The summed E-state index contributed by atoms with van der Waals surface area (Å²) in [6, 6.07) is 0.335. The molecule has 0 unspecified atom stereocenters. The highest BCUT2D eigenvalue weighted by Gasteiger charge is 2.23. The highest BCUT2D eigenvalue weighted by molar-refractivity contribution is 5.78. The Hall–Kier alpha value is -1.43. The number of aromatic nitrogens is 2. The average Bonchev–Trinajstić information content (AvgIpc) is 3.10. The van der Waals surface area contributed by atoms with Crippen LogP contribution in [-0.4, -0.2) is 35.2 Å². The van der Waals surface area contributed by atoms with Gasteiger partial charge in [0.15, 0.2) is 5.82 Å². The number of nitrogens with zero attached hydrogens (tertiary/aromatic N) is 2. The highest BCUT2D eigenvalue weighted by atomic mass is 16.5. The smallest absolute Gasteiger partial charge is 0.231 e. The van der Waals surface area contributed by atoms with E-state index in [9.17, 15) is 4.79 Å². The van der Waals surface area contributed by atoms with Crippen LogP contribution in [0.3, 0.4) is 0 Å². The number of carbonyl (C=O) groups excluding carboxylic acids is 1. The van der Waals surface area contributed by atoms with Crippen molar-refractivity contribution in [2.45, 2.75) is 56.9 Å². The summed E-state index contributed by atoms with van der Waals surface area (Å²) in [6.45, 7) is 1.88. The summed E-state index contributed by atoms with van der Waals surface area (Å²) in [5, 5.41) is 10.3. The van der Waals surface area contributed by atoms with Crippen molar-refractivity contribution in [2.75, 3.05) is 13.1 Å². The lowest BCUT2D eigenvalue weighted by atomic mass is 9.95. The molecule has 0 spiro atoms. The second-order valence-corrected chi connectivity index (χ2v) is 5.82. The minimum absolute atomic E-state index is 0.00815. The fourth-order valence-corrected chi connectivity index (χ4v) is 3.04. The van der Waals surface area contributed by atoms with E-state index in [0.717, 1.165) is 32.4 Å². The van der Waals surface area contributed by atoms with Crippen LogP contribution in [0.15, 0.2) is 4.52 Å². The van der Waals surface area contributed by atoms with E-state index in [4.69, 9.17) is 4.52 Å². The third kappa shape index (κ3) is 3.36. The largest absolute Gasteiger partial charge is 0.353 e. The van der Waals surface area contributed by atoms with Crippen LogP contribution in [0.1, 0.15) is 56.2 Å². The minimum atomic E-state index is 0.00815. The standard InChI is InChI=1S/C14H22N4O2/c19-13(16-11-4-2-1-3-5-11)8-12-17-14(20-18-12)10-6-7-15-9-10/h10-11,15H,1-9H2,(H,16,19)/t10-/m0/s1. The van der Waals surface area contributed by atoms with Crippen LogP contribution in [0.25, 0.3) is 0 Å². The molecule has 0 bridgehead atoms. The molecule has 6 nitrogen and oxygen atoms in total. The Kier molecular flexibility index (Phi) is 4.30. The molecule has 6 heteroatoms. The van der Waals surface area contributed by atoms with E-state index in [-0.39, 0.29) is 12.3 Å². The molecule has 2 N–H and O–H groups in total. The predicted octanol–water partition coefficient (Wildman–Crippen LogP) is 1.14. The van der Waals surface area contributed by atoms with Gasteiger partial charge in [-0.1, -0.05) is 24.4 Å². The maximum atomic E-state index is 12.0. The number of nitrogens with one attached hydrogen (secondary N) is 2. The molecule has 1 amide bonds. The van der Waals surface area contributed by atoms with Gasteiger partial charge in [0, 0.05) is 12.6 Å². The molecule has 1 aromatic heterocycles. The predicted molar refractivity (Wildman–Crippen MR) is 73.2 cm³/mol. The van der Waals surface area contributed by atoms with E-state index >= 15 is 0 Å². The van der Waals surface area contributed by atoms with Gasteiger partial charge < -0.3 is 15.2 Å². The van der Waals surface area contributed by atoms with Gasteiger partial charge in [-0.3, -0.25) is 4.79 Å². The van der Waals surface area contributed by atoms with Crippen molar-refractivity contribution >= 4 is 5.91 Å². The Balaban J connectivity index is 1.50. The molecule has 110 valence electrons. The van der Waals surface area contributed by atoms with Gasteiger partial charge >= 0.3 is 0 Å². The van der Waals surface area contributed by atoms with E-state index in [1.807, 2.05) is 0 Å². The molecule has 1 saturated heterocycles. The van der Waals surface area contributed by atoms with Crippen molar-refractivity contribution < 1.29 is 9.32 Å². The Morgan fingerprint density at radius 2 is 2.15 bits per heavy atom. The lowest BCUT2D eigenvalue weighted by Gasteiger charge is -2.22. The van der Waals surface area contributed by atoms with Gasteiger partial charge in [-0.25, -0.2) is 0 Å². The Morgan fingerprint density at radius 1 is 1.30 bits per heavy atom. The molecule has 2 fully saturated rings. The van der Waals surface area contributed by atoms with Gasteiger partial charge in [-0.2, -0.15) is 4.98 Å². The Bertz CT molecular complexity index is 448. The Labute approximate surface area is 118 Å². The van der Waals surface area contributed by atoms with Crippen molar-refractivity contribution in [2.24, 2.45) is 0 Å². The molecule has 20 heavy (non-hydrogen) atoms. The maximum absolute atomic E-state index is 12.0. The average molecular weight is 278 g/mol. The van der Waals surface area contributed by atoms with Crippen molar-refractivity contribution in [1.82, 2.24) is 20.8 Å². The molecule has 1 atom stereocenters. The quantitative estimate of drug-likeness (QED) is 0.863. The molecule has 1 aliphatic heterocycles. The number of amides is 1. The summed E-state index contributed by atoms with van der Waals surface area (Å²) in [5.74, 6) is 1.47. The number of hydrogen-bond donors (Lipinski definition) is 2. The fourth-order valence-electron chi connectivity index (χ4n) is 3.04. The molecule has 1 saturated carbocycles. The van der Waals surface area contributed by atoms with Crippen LogP contribution in [0.4, 0.5) is 0 Å². The van der Waals surface area contributed by atoms with Gasteiger partial charge in [-0.15, -0.1) is 0 Å². The van der Waals surface area contributed by atoms with Crippen molar-refractivity contribution in [1.29, 1.82) is 0 Å². The molecule has 1 aromatic rings. The first-order valence-electron chi connectivity index (χ1n) is 7.64. The topological polar surface area (TPSA) is 80.1 Å². The number of carbonyl (C=O) groups is 1. The SMILES string of the molecule is O=C(Cc1noc([C@H]2CCNC2)n1)NC1CCCCC1. The molecule has 1 aliphatic carbocycles. The van der Waals surface area contributed by atoms with Gasteiger partial charge in [0.05, 0.1) is 12.3 Å². The number of hydrogen-bond acceptors (Lipinski definition) is 5. The first kappa shape index (κ1) is 13.5. The van der Waals surface area contributed by atoms with Crippen LogP contribution in [0.2, 0.25) is 0 Å². The van der Waals surface area contributed by atoms with Crippen LogP contribution >= 0.6 is 0 Å². The van der Waals surface area contributed by atoms with Gasteiger partial charge in [0.1, 0.15) is 0 Å². The summed E-state index contributed by atoms with van der Waals surface area (Å²) in [4.78, 5) is 16.3. The molecule has 3 rings (SSSR count). The summed E-state index contributed by atoms with van der Waals surface area (Å²) in [6.07, 6.45) is 7.15.